The summed E-state index contributed by atoms with van der Waals surface area (Å²) in [4.78, 5) is 2.93. The number of H-pyrrole nitrogens is 1. The lowest BCUT2D eigenvalue weighted by molar-refractivity contribution is 0.596. The van der Waals surface area contributed by atoms with E-state index in [0.29, 0.717) is 10.9 Å². The molecule has 0 unspecified atom stereocenters. The van der Waals surface area contributed by atoms with Crippen LogP contribution in [0.25, 0.3) is 10.9 Å². The van der Waals surface area contributed by atoms with Crippen LogP contribution in [0, 0.1) is 5.82 Å². The zero-order valence-corrected chi connectivity index (χ0v) is 9.64. The molecule has 0 spiro atoms. The van der Waals surface area contributed by atoms with Crippen molar-refractivity contribution >= 4 is 20.7 Å². The Kier molecular flexibility index (Phi) is 2.71. The average Bonchev–Trinajstić information content (AvgIpc) is 2.61. The highest BCUT2D eigenvalue weighted by Crippen LogP contribution is 2.21. The lowest BCUT2D eigenvalue weighted by Crippen LogP contribution is -2.05. The van der Waals surface area contributed by atoms with Crippen molar-refractivity contribution in [3.05, 3.63) is 35.8 Å². The van der Waals surface area contributed by atoms with Gasteiger partial charge in [-0.2, -0.15) is 0 Å². The van der Waals surface area contributed by atoms with Crippen molar-refractivity contribution in [2.75, 3.05) is 5.75 Å². The molecule has 1 N–H and O–H groups in total. The molecule has 0 aliphatic heterocycles. The van der Waals surface area contributed by atoms with E-state index >= 15 is 0 Å². The van der Waals surface area contributed by atoms with E-state index in [1.807, 2.05) is 0 Å². The van der Waals surface area contributed by atoms with Crippen LogP contribution in [-0.2, 0) is 15.6 Å². The Balaban J connectivity index is 2.50. The number of rotatable bonds is 3. The van der Waals surface area contributed by atoms with Crippen LogP contribution in [0.3, 0.4) is 0 Å². The van der Waals surface area contributed by atoms with Gasteiger partial charge in [-0.3, -0.25) is 0 Å². The Morgan fingerprint density at radius 1 is 1.38 bits per heavy atom. The first-order valence-electron chi connectivity index (χ1n) is 4.98. The first-order chi connectivity index (χ1) is 7.52. The van der Waals surface area contributed by atoms with E-state index < -0.39 is 9.84 Å². The zero-order valence-electron chi connectivity index (χ0n) is 8.83. The highest BCUT2D eigenvalue weighted by Gasteiger charge is 2.13. The van der Waals surface area contributed by atoms with Crippen molar-refractivity contribution in [1.29, 1.82) is 0 Å². The van der Waals surface area contributed by atoms with Gasteiger partial charge in [0.25, 0.3) is 0 Å². The van der Waals surface area contributed by atoms with Gasteiger partial charge in [0.1, 0.15) is 5.82 Å². The van der Waals surface area contributed by atoms with Gasteiger partial charge >= 0.3 is 0 Å². The van der Waals surface area contributed by atoms with E-state index in [0.717, 1.165) is 5.52 Å². The number of hydrogen-bond donors (Lipinski definition) is 1. The van der Waals surface area contributed by atoms with E-state index in [-0.39, 0.29) is 17.3 Å². The molecule has 0 aliphatic rings. The van der Waals surface area contributed by atoms with Gasteiger partial charge in [-0.05, 0) is 23.8 Å². The molecule has 2 aromatic rings. The third kappa shape index (κ3) is 2.09. The van der Waals surface area contributed by atoms with Gasteiger partial charge in [0.2, 0.25) is 0 Å². The monoisotopic (exact) mass is 241 g/mol. The molecule has 1 aromatic carbocycles. The highest BCUT2D eigenvalue weighted by molar-refractivity contribution is 7.90. The smallest absolute Gasteiger partial charge is 0.154 e. The maximum Gasteiger partial charge on any atom is 0.154 e. The fourth-order valence-electron chi connectivity index (χ4n) is 1.61. The molecule has 0 radical (unpaired) electrons. The summed E-state index contributed by atoms with van der Waals surface area (Å²) in [6, 6.07) is 4.30. The molecule has 16 heavy (non-hydrogen) atoms. The van der Waals surface area contributed by atoms with E-state index in [1.54, 1.807) is 19.2 Å². The van der Waals surface area contributed by atoms with Crippen molar-refractivity contribution in [3.63, 3.8) is 0 Å². The third-order valence-electron chi connectivity index (χ3n) is 2.54. The predicted octanol–water partition coefficient (Wildman–Crippen LogP) is 2.24. The Hall–Kier alpha value is -1.36. The van der Waals surface area contributed by atoms with Crippen LogP contribution < -0.4 is 0 Å². The summed E-state index contributed by atoms with van der Waals surface area (Å²) in [5.41, 5.74) is 1.37. The highest BCUT2D eigenvalue weighted by atomic mass is 32.2. The predicted molar refractivity (Wildman–Crippen MR) is 61.4 cm³/mol. The van der Waals surface area contributed by atoms with Crippen LogP contribution in [0.2, 0.25) is 0 Å². The third-order valence-corrected chi connectivity index (χ3v) is 4.18. The molecular formula is C11H12FNO2S. The SMILES string of the molecule is CCS(=O)(=O)Cc1c[nH]c2ccc(F)cc12. The number of hydrogen-bond acceptors (Lipinski definition) is 2. The zero-order chi connectivity index (χ0) is 11.8. The quantitative estimate of drug-likeness (QED) is 0.896. The Labute approximate surface area is 93.2 Å². The van der Waals surface area contributed by atoms with E-state index in [9.17, 15) is 12.8 Å². The van der Waals surface area contributed by atoms with Gasteiger partial charge in [-0.25, -0.2) is 12.8 Å². The summed E-state index contributed by atoms with van der Waals surface area (Å²) in [6.07, 6.45) is 1.62. The summed E-state index contributed by atoms with van der Waals surface area (Å²) in [5, 5.41) is 0.636. The largest absolute Gasteiger partial charge is 0.361 e. The van der Waals surface area contributed by atoms with Gasteiger partial charge in [-0.1, -0.05) is 6.92 Å². The minimum absolute atomic E-state index is 0.0487. The number of sulfone groups is 1. The number of fused-ring (bicyclic) bond motifs is 1. The second-order valence-corrected chi connectivity index (χ2v) is 6.03. The van der Waals surface area contributed by atoms with Crippen molar-refractivity contribution in [2.24, 2.45) is 0 Å². The number of benzene rings is 1. The Morgan fingerprint density at radius 3 is 2.81 bits per heavy atom. The first-order valence-corrected chi connectivity index (χ1v) is 6.80. The molecule has 2 rings (SSSR count). The van der Waals surface area contributed by atoms with E-state index in [2.05, 4.69) is 4.98 Å². The van der Waals surface area contributed by atoms with Gasteiger partial charge in [0.15, 0.2) is 9.84 Å². The molecule has 0 saturated carbocycles. The van der Waals surface area contributed by atoms with Crippen LogP contribution in [-0.4, -0.2) is 19.2 Å². The fourth-order valence-corrected chi connectivity index (χ4v) is 2.53. The second-order valence-electron chi connectivity index (χ2n) is 3.68. The molecule has 0 saturated heterocycles. The number of aromatic amines is 1. The van der Waals surface area contributed by atoms with Crippen molar-refractivity contribution in [3.8, 4) is 0 Å². The van der Waals surface area contributed by atoms with Crippen molar-refractivity contribution in [2.45, 2.75) is 12.7 Å². The molecule has 86 valence electrons. The van der Waals surface area contributed by atoms with Crippen molar-refractivity contribution < 1.29 is 12.8 Å². The summed E-state index contributed by atoms with van der Waals surface area (Å²) in [5.74, 6) is -0.315. The molecule has 1 heterocycles. The van der Waals surface area contributed by atoms with Crippen LogP contribution in [0.5, 0.6) is 0 Å². The maximum absolute atomic E-state index is 13.0. The van der Waals surface area contributed by atoms with Crippen LogP contribution in [0.15, 0.2) is 24.4 Å². The molecule has 0 bridgehead atoms. The molecule has 0 atom stereocenters. The van der Waals surface area contributed by atoms with Crippen LogP contribution in [0.4, 0.5) is 4.39 Å². The van der Waals surface area contributed by atoms with Gasteiger partial charge in [0, 0.05) is 22.9 Å². The molecule has 0 fully saturated rings. The second kappa shape index (κ2) is 3.90. The molecule has 0 amide bonds. The van der Waals surface area contributed by atoms with Gasteiger partial charge in [0.05, 0.1) is 5.75 Å². The average molecular weight is 241 g/mol. The normalized spacial score (nSPS) is 12.1. The minimum atomic E-state index is -3.09. The standard InChI is InChI=1S/C11H12FNO2S/c1-2-16(14,15)7-8-6-13-11-4-3-9(12)5-10(8)11/h3-6,13H,2,7H2,1H3. The lowest BCUT2D eigenvalue weighted by atomic mass is 10.2. The molecular weight excluding hydrogens is 229 g/mol. The maximum atomic E-state index is 13.0. The van der Waals surface area contributed by atoms with Crippen molar-refractivity contribution in [1.82, 2.24) is 4.98 Å². The molecule has 5 heteroatoms. The number of aromatic nitrogens is 1. The van der Waals surface area contributed by atoms with E-state index in [4.69, 9.17) is 0 Å². The van der Waals surface area contributed by atoms with Crippen LogP contribution >= 0.6 is 0 Å². The summed E-state index contributed by atoms with van der Waals surface area (Å²) >= 11 is 0. The molecule has 1 aromatic heterocycles. The van der Waals surface area contributed by atoms with E-state index in [1.165, 1.54) is 12.1 Å². The summed E-state index contributed by atoms with van der Waals surface area (Å²) in [7, 11) is -3.09. The summed E-state index contributed by atoms with van der Waals surface area (Å²) < 4.78 is 36.0. The number of nitrogens with one attached hydrogen (secondary N) is 1. The Bertz CT molecular complexity index is 616. The van der Waals surface area contributed by atoms with Crippen LogP contribution in [0.1, 0.15) is 12.5 Å². The van der Waals surface area contributed by atoms with Gasteiger partial charge in [-0.15, -0.1) is 0 Å². The summed E-state index contributed by atoms with van der Waals surface area (Å²) in [6.45, 7) is 1.60. The first kappa shape index (κ1) is 11.1. The molecule has 3 nitrogen and oxygen atoms in total. The molecule has 0 aliphatic carbocycles. The van der Waals surface area contributed by atoms with Gasteiger partial charge < -0.3 is 4.98 Å². The topological polar surface area (TPSA) is 49.9 Å². The Morgan fingerprint density at radius 2 is 2.12 bits per heavy atom. The lowest BCUT2D eigenvalue weighted by Gasteiger charge is -1.99. The number of halogens is 1. The fraction of sp³-hybridized carbons (Fsp3) is 0.273. The minimum Gasteiger partial charge on any atom is -0.361 e.